The molecule has 2 nitrogen and oxygen atoms in total. The van der Waals surface area contributed by atoms with Crippen LogP contribution in [0, 0.1) is 12.1 Å². The summed E-state index contributed by atoms with van der Waals surface area (Å²) in [6.45, 7) is 0. The second kappa shape index (κ2) is 12.9. The van der Waals surface area contributed by atoms with Crippen molar-refractivity contribution in [2.75, 3.05) is 0 Å². The summed E-state index contributed by atoms with van der Waals surface area (Å²) in [5.41, 5.74) is 9.75. The molecule has 38 heavy (non-hydrogen) atoms. The van der Waals surface area contributed by atoms with Gasteiger partial charge >= 0.3 is 0 Å². The van der Waals surface area contributed by atoms with Gasteiger partial charge < -0.3 is 9.97 Å². The number of rotatable bonds is 3. The van der Waals surface area contributed by atoms with Gasteiger partial charge in [0.1, 0.15) is 0 Å². The van der Waals surface area contributed by atoms with Crippen molar-refractivity contribution in [1.29, 1.82) is 0 Å². The largest absolute Gasteiger partial charge is 0.305 e. The van der Waals surface area contributed by atoms with E-state index in [2.05, 4.69) is 76.7 Å². The molecule has 0 N–H and O–H groups in total. The Balaban J connectivity index is 0.000000205. The molecule has 3 aromatic carbocycles. The Labute approximate surface area is 240 Å². The van der Waals surface area contributed by atoms with E-state index in [1.54, 1.807) is 17.3 Å². The zero-order valence-corrected chi connectivity index (χ0v) is 23.0. The van der Waals surface area contributed by atoms with Crippen LogP contribution in [0.15, 0.2) is 109 Å². The molecule has 2 aromatic heterocycles. The van der Waals surface area contributed by atoms with Gasteiger partial charge in [-0.25, -0.2) is 0 Å². The number of pyridine rings is 2. The standard InChI is InChI=1S/C23H20N.C11H8N.CH4.Ir/c1-2-4-16(5-3-1)19-12-13-24-23(15-19)20-10-11-21-17-6-8-18(9-7-17)22(21)14-20;1-2-6-10(7-3-1)11-8-4-5-9-12-11;;/h1-5,11-15,17-18H,6-9H2;1-6,8-9H;1H4;/q2*-1;;. The molecule has 0 amide bonds. The average molecular weight is 673 g/mol. The van der Waals surface area contributed by atoms with E-state index >= 15 is 0 Å². The molecule has 0 spiro atoms. The molecular formula is C35H32IrN2-2. The first-order valence-electron chi connectivity index (χ1n) is 12.8. The monoisotopic (exact) mass is 673 g/mol. The van der Waals surface area contributed by atoms with Crippen LogP contribution in [0.5, 0.6) is 0 Å². The number of fused-ring (bicyclic) bond motifs is 2. The normalized spacial score (nSPS) is 16.6. The van der Waals surface area contributed by atoms with Crippen LogP contribution in [-0.2, 0) is 20.1 Å². The Kier molecular flexibility index (Phi) is 9.39. The van der Waals surface area contributed by atoms with Crippen molar-refractivity contribution >= 4 is 0 Å². The Bertz CT molecular complexity index is 1390. The maximum Gasteiger partial charge on any atom is 0.0166 e. The summed E-state index contributed by atoms with van der Waals surface area (Å²) in [7, 11) is 0. The minimum absolute atomic E-state index is 0. The van der Waals surface area contributed by atoms with Gasteiger partial charge in [0.05, 0.1) is 0 Å². The van der Waals surface area contributed by atoms with Crippen LogP contribution in [0.2, 0.25) is 0 Å². The minimum Gasteiger partial charge on any atom is -0.305 e. The molecule has 2 heterocycles. The van der Waals surface area contributed by atoms with Crippen LogP contribution in [0.3, 0.4) is 0 Å². The molecule has 5 aromatic rings. The first kappa shape index (κ1) is 27.6. The zero-order valence-electron chi connectivity index (χ0n) is 20.6. The maximum absolute atomic E-state index is 4.61. The van der Waals surface area contributed by atoms with E-state index in [4.69, 9.17) is 0 Å². The minimum atomic E-state index is 0. The molecular weight excluding hydrogens is 641 g/mol. The fourth-order valence-corrected chi connectivity index (χ4v) is 5.55. The van der Waals surface area contributed by atoms with E-state index in [-0.39, 0.29) is 27.5 Å². The summed E-state index contributed by atoms with van der Waals surface area (Å²) in [4.78, 5) is 8.83. The Hall–Kier alpha value is -3.39. The maximum atomic E-state index is 4.61. The average Bonchev–Trinajstić information content (AvgIpc) is 2.99. The summed E-state index contributed by atoms with van der Waals surface area (Å²) in [6.07, 6.45) is 9.16. The predicted molar refractivity (Wildman–Crippen MR) is 153 cm³/mol. The van der Waals surface area contributed by atoms with Gasteiger partial charge in [-0.1, -0.05) is 74.7 Å². The third-order valence-corrected chi connectivity index (χ3v) is 7.42. The van der Waals surface area contributed by atoms with Gasteiger partial charge in [0, 0.05) is 32.5 Å². The van der Waals surface area contributed by atoms with Crippen LogP contribution in [0.4, 0.5) is 0 Å². The SMILES string of the molecule is C.[Ir].[c-]1cc2c(cc1-c1cc(-c3ccccc3)ccn1)C1CCC2CC1.[c-]1ccccc1-c1ccccn1. The van der Waals surface area contributed by atoms with Crippen molar-refractivity contribution in [3.63, 3.8) is 0 Å². The number of hydrogen-bond acceptors (Lipinski definition) is 2. The van der Waals surface area contributed by atoms with Gasteiger partial charge in [0.15, 0.2) is 0 Å². The quantitative estimate of drug-likeness (QED) is 0.179. The van der Waals surface area contributed by atoms with E-state index in [0.29, 0.717) is 0 Å². The Morgan fingerprint density at radius 1 is 0.579 bits per heavy atom. The third-order valence-electron chi connectivity index (χ3n) is 7.42. The molecule has 1 radical (unpaired) electrons. The fourth-order valence-electron chi connectivity index (χ4n) is 5.55. The molecule has 193 valence electrons. The van der Waals surface area contributed by atoms with Crippen molar-refractivity contribution in [1.82, 2.24) is 9.97 Å². The van der Waals surface area contributed by atoms with E-state index in [9.17, 15) is 0 Å². The summed E-state index contributed by atoms with van der Waals surface area (Å²) >= 11 is 0. The van der Waals surface area contributed by atoms with Gasteiger partial charge in [0.2, 0.25) is 0 Å². The van der Waals surface area contributed by atoms with E-state index in [1.165, 1.54) is 36.8 Å². The predicted octanol–water partition coefficient (Wildman–Crippen LogP) is 9.15. The Morgan fingerprint density at radius 2 is 1.29 bits per heavy atom. The van der Waals surface area contributed by atoms with Gasteiger partial charge in [-0.05, 0) is 53.4 Å². The summed E-state index contributed by atoms with van der Waals surface area (Å²) in [5, 5.41) is 0. The summed E-state index contributed by atoms with van der Waals surface area (Å²) < 4.78 is 0. The number of benzene rings is 3. The van der Waals surface area contributed by atoms with Gasteiger partial charge in [0.25, 0.3) is 0 Å². The summed E-state index contributed by atoms with van der Waals surface area (Å²) in [6, 6.07) is 39.7. The topological polar surface area (TPSA) is 25.8 Å². The molecule has 3 aliphatic carbocycles. The van der Waals surface area contributed by atoms with Gasteiger partial charge in [-0.3, -0.25) is 0 Å². The second-order valence-corrected chi connectivity index (χ2v) is 9.59. The van der Waals surface area contributed by atoms with Crippen molar-refractivity contribution < 1.29 is 20.1 Å². The van der Waals surface area contributed by atoms with Crippen LogP contribution in [0.25, 0.3) is 33.6 Å². The molecule has 0 atom stereocenters. The molecule has 1 saturated carbocycles. The third kappa shape index (κ3) is 6.01. The molecule has 2 bridgehead atoms. The first-order valence-corrected chi connectivity index (χ1v) is 12.8. The van der Waals surface area contributed by atoms with E-state index in [1.807, 2.05) is 48.7 Å². The van der Waals surface area contributed by atoms with E-state index in [0.717, 1.165) is 34.4 Å². The summed E-state index contributed by atoms with van der Waals surface area (Å²) in [5.74, 6) is 1.54. The van der Waals surface area contributed by atoms with Crippen molar-refractivity contribution in [2.45, 2.75) is 44.9 Å². The van der Waals surface area contributed by atoms with Crippen molar-refractivity contribution in [3.8, 4) is 33.6 Å². The second-order valence-electron chi connectivity index (χ2n) is 9.59. The van der Waals surface area contributed by atoms with Crippen LogP contribution in [0.1, 0.15) is 56.1 Å². The molecule has 0 aliphatic heterocycles. The molecule has 3 heteroatoms. The number of hydrogen-bond donors (Lipinski definition) is 0. The number of nitrogens with zero attached hydrogens (tertiary/aromatic N) is 2. The van der Waals surface area contributed by atoms with E-state index < -0.39 is 0 Å². The van der Waals surface area contributed by atoms with Gasteiger partial charge in [-0.15, -0.1) is 70.8 Å². The molecule has 1 fully saturated rings. The molecule has 3 aliphatic rings. The number of aromatic nitrogens is 2. The molecule has 0 unspecified atom stereocenters. The Morgan fingerprint density at radius 3 is 2.00 bits per heavy atom. The van der Waals surface area contributed by atoms with Crippen LogP contribution >= 0.6 is 0 Å². The fraction of sp³-hybridized carbons (Fsp3) is 0.200. The van der Waals surface area contributed by atoms with Crippen molar-refractivity contribution in [2.24, 2.45) is 0 Å². The zero-order chi connectivity index (χ0) is 24.2. The first-order chi connectivity index (χ1) is 17.8. The molecule has 0 saturated heterocycles. The van der Waals surface area contributed by atoms with Crippen LogP contribution < -0.4 is 0 Å². The smallest absolute Gasteiger partial charge is 0.0166 e. The molecule has 8 rings (SSSR count). The van der Waals surface area contributed by atoms with Crippen molar-refractivity contribution in [3.05, 3.63) is 133 Å². The van der Waals surface area contributed by atoms with Gasteiger partial charge in [-0.2, -0.15) is 0 Å². The van der Waals surface area contributed by atoms with Crippen LogP contribution in [-0.4, -0.2) is 9.97 Å².